The molecule has 1 aromatic heterocycles. The Balaban J connectivity index is 1.78. The van der Waals surface area contributed by atoms with Gasteiger partial charge in [0.05, 0.1) is 0 Å². The van der Waals surface area contributed by atoms with Crippen molar-refractivity contribution in [3.63, 3.8) is 0 Å². The molecule has 102 valence electrons. The zero-order valence-corrected chi connectivity index (χ0v) is 11.2. The summed E-state index contributed by atoms with van der Waals surface area (Å²) in [6.07, 6.45) is 9.47. The summed E-state index contributed by atoms with van der Waals surface area (Å²) >= 11 is 0. The number of hydrogen-bond donors (Lipinski definition) is 1. The molecule has 0 unspecified atom stereocenters. The molecule has 1 amide bonds. The van der Waals surface area contributed by atoms with Crippen molar-refractivity contribution in [3.05, 3.63) is 36.2 Å². The Kier molecular flexibility index (Phi) is 3.69. The molecule has 19 heavy (non-hydrogen) atoms. The summed E-state index contributed by atoms with van der Waals surface area (Å²) in [7, 11) is 0. The number of aromatic nitrogens is 1. The predicted octanol–water partition coefficient (Wildman–Crippen LogP) is 1.81. The fourth-order valence-corrected chi connectivity index (χ4v) is 2.97. The molecule has 1 aromatic rings. The van der Waals surface area contributed by atoms with E-state index < -0.39 is 0 Å². The van der Waals surface area contributed by atoms with Gasteiger partial charge in [-0.05, 0) is 44.5 Å². The molecule has 3 heterocycles. The van der Waals surface area contributed by atoms with Gasteiger partial charge in [0, 0.05) is 25.3 Å². The minimum Gasteiger partial charge on any atom is -0.340 e. The van der Waals surface area contributed by atoms with Crippen LogP contribution in [0.2, 0.25) is 0 Å². The maximum absolute atomic E-state index is 12.6. The molecule has 0 aromatic carbocycles. The van der Waals surface area contributed by atoms with Crippen LogP contribution >= 0.6 is 0 Å². The van der Waals surface area contributed by atoms with Gasteiger partial charge >= 0.3 is 0 Å². The minimum atomic E-state index is 0.174. The predicted molar refractivity (Wildman–Crippen MR) is 75.2 cm³/mol. The molecule has 1 N–H and O–H groups in total. The molecular formula is C15H21N3O. The van der Waals surface area contributed by atoms with Crippen molar-refractivity contribution in [2.45, 2.75) is 25.3 Å². The lowest BCUT2D eigenvalue weighted by molar-refractivity contribution is 0.0756. The first-order chi connectivity index (χ1) is 9.36. The van der Waals surface area contributed by atoms with Crippen molar-refractivity contribution in [2.24, 2.45) is 0 Å². The summed E-state index contributed by atoms with van der Waals surface area (Å²) in [6, 6.07) is 4.42. The van der Waals surface area contributed by atoms with Crippen LogP contribution in [0.1, 0.15) is 35.8 Å². The van der Waals surface area contributed by atoms with Crippen molar-refractivity contribution >= 4 is 5.91 Å². The van der Waals surface area contributed by atoms with Gasteiger partial charge in [0.1, 0.15) is 5.69 Å². The van der Waals surface area contributed by atoms with Crippen LogP contribution in [0, 0.1) is 0 Å². The third-order valence-corrected chi connectivity index (χ3v) is 4.05. The van der Waals surface area contributed by atoms with Gasteiger partial charge in [-0.25, -0.2) is 0 Å². The lowest BCUT2D eigenvalue weighted by Gasteiger charge is -2.28. The third kappa shape index (κ3) is 2.59. The topological polar surface area (TPSA) is 37.3 Å². The Bertz CT molecular complexity index is 471. The molecule has 0 radical (unpaired) electrons. The molecule has 1 saturated heterocycles. The highest BCUT2D eigenvalue weighted by molar-refractivity contribution is 5.93. The van der Waals surface area contributed by atoms with E-state index in [1.807, 2.05) is 17.0 Å². The second kappa shape index (κ2) is 5.61. The first kappa shape index (κ1) is 12.5. The number of rotatable bonds is 2. The standard InChI is InChI=1S/C15H21N3O/c19-15(17-10-2-1-3-11-17)14-5-4-12-18(14)13-6-8-16-9-7-13/h1-2,4-5,12-13,16H,3,6-11H2. The number of piperidine rings is 1. The lowest BCUT2D eigenvalue weighted by Crippen LogP contribution is -2.36. The summed E-state index contributed by atoms with van der Waals surface area (Å²) in [4.78, 5) is 14.5. The third-order valence-electron chi connectivity index (χ3n) is 4.05. The van der Waals surface area contributed by atoms with E-state index in [0.717, 1.165) is 51.1 Å². The first-order valence-corrected chi connectivity index (χ1v) is 7.18. The van der Waals surface area contributed by atoms with E-state index >= 15 is 0 Å². The van der Waals surface area contributed by atoms with Crippen LogP contribution in [-0.2, 0) is 0 Å². The quantitative estimate of drug-likeness (QED) is 0.823. The van der Waals surface area contributed by atoms with Gasteiger partial charge in [0.2, 0.25) is 0 Å². The van der Waals surface area contributed by atoms with Gasteiger partial charge in [-0.1, -0.05) is 12.2 Å². The minimum absolute atomic E-state index is 0.174. The van der Waals surface area contributed by atoms with Crippen LogP contribution in [-0.4, -0.2) is 41.6 Å². The average molecular weight is 259 g/mol. The number of amides is 1. The molecule has 3 rings (SSSR count). The van der Waals surface area contributed by atoms with Crippen LogP contribution in [0.15, 0.2) is 30.5 Å². The molecule has 0 saturated carbocycles. The Morgan fingerprint density at radius 2 is 2.11 bits per heavy atom. The highest BCUT2D eigenvalue weighted by Crippen LogP contribution is 2.22. The molecule has 4 heteroatoms. The van der Waals surface area contributed by atoms with E-state index in [4.69, 9.17) is 0 Å². The number of nitrogens with zero attached hydrogens (tertiary/aromatic N) is 2. The summed E-state index contributed by atoms with van der Waals surface area (Å²) in [5, 5.41) is 3.37. The largest absolute Gasteiger partial charge is 0.340 e. The molecule has 0 aliphatic carbocycles. The van der Waals surface area contributed by atoms with Crippen molar-refractivity contribution in [2.75, 3.05) is 26.2 Å². The molecule has 1 fully saturated rings. The normalized spacial score (nSPS) is 20.7. The van der Waals surface area contributed by atoms with Crippen molar-refractivity contribution in [1.29, 1.82) is 0 Å². The van der Waals surface area contributed by atoms with Gasteiger partial charge in [-0.2, -0.15) is 0 Å². The van der Waals surface area contributed by atoms with Crippen LogP contribution < -0.4 is 5.32 Å². The van der Waals surface area contributed by atoms with E-state index in [-0.39, 0.29) is 5.91 Å². The Hall–Kier alpha value is -1.55. The zero-order valence-electron chi connectivity index (χ0n) is 11.2. The molecule has 0 atom stereocenters. The fourth-order valence-electron chi connectivity index (χ4n) is 2.97. The molecule has 4 nitrogen and oxygen atoms in total. The number of nitrogens with one attached hydrogen (secondary N) is 1. The Morgan fingerprint density at radius 1 is 1.26 bits per heavy atom. The first-order valence-electron chi connectivity index (χ1n) is 7.18. The van der Waals surface area contributed by atoms with Gasteiger partial charge in [-0.3, -0.25) is 4.79 Å². The van der Waals surface area contributed by atoms with Crippen LogP contribution in [0.5, 0.6) is 0 Å². The van der Waals surface area contributed by atoms with Gasteiger partial charge in [0.25, 0.3) is 5.91 Å². The SMILES string of the molecule is O=C(c1cccn1C1CCNCC1)N1CC=CCC1. The van der Waals surface area contributed by atoms with Crippen molar-refractivity contribution in [3.8, 4) is 0 Å². The highest BCUT2D eigenvalue weighted by atomic mass is 16.2. The van der Waals surface area contributed by atoms with Crippen LogP contribution in [0.25, 0.3) is 0 Å². The van der Waals surface area contributed by atoms with Gasteiger partial charge < -0.3 is 14.8 Å². The number of carbonyl (C=O) groups is 1. The summed E-state index contributed by atoms with van der Waals surface area (Å²) in [5.41, 5.74) is 0.849. The molecule has 2 aliphatic rings. The summed E-state index contributed by atoms with van der Waals surface area (Å²) in [6.45, 7) is 3.68. The second-order valence-electron chi connectivity index (χ2n) is 5.29. The van der Waals surface area contributed by atoms with E-state index in [2.05, 4.69) is 28.2 Å². The highest BCUT2D eigenvalue weighted by Gasteiger charge is 2.23. The zero-order chi connectivity index (χ0) is 13.1. The molecule has 0 bridgehead atoms. The molecule has 0 spiro atoms. The lowest BCUT2D eigenvalue weighted by atomic mass is 10.1. The smallest absolute Gasteiger partial charge is 0.270 e. The maximum atomic E-state index is 12.6. The van der Waals surface area contributed by atoms with Crippen molar-refractivity contribution < 1.29 is 4.79 Å². The van der Waals surface area contributed by atoms with E-state index in [9.17, 15) is 4.79 Å². The van der Waals surface area contributed by atoms with E-state index in [0.29, 0.717) is 6.04 Å². The summed E-state index contributed by atoms with van der Waals surface area (Å²) in [5.74, 6) is 0.174. The van der Waals surface area contributed by atoms with E-state index in [1.54, 1.807) is 0 Å². The fraction of sp³-hybridized carbons (Fsp3) is 0.533. The molecule has 2 aliphatic heterocycles. The number of hydrogen-bond acceptors (Lipinski definition) is 2. The Labute approximate surface area is 114 Å². The van der Waals surface area contributed by atoms with Gasteiger partial charge in [0.15, 0.2) is 0 Å². The van der Waals surface area contributed by atoms with E-state index in [1.165, 1.54) is 0 Å². The monoisotopic (exact) mass is 259 g/mol. The second-order valence-corrected chi connectivity index (χ2v) is 5.29. The average Bonchev–Trinajstić information content (AvgIpc) is 2.98. The summed E-state index contributed by atoms with van der Waals surface area (Å²) < 4.78 is 2.18. The van der Waals surface area contributed by atoms with Gasteiger partial charge in [-0.15, -0.1) is 0 Å². The van der Waals surface area contributed by atoms with Crippen molar-refractivity contribution in [1.82, 2.24) is 14.8 Å². The van der Waals surface area contributed by atoms with Crippen LogP contribution in [0.3, 0.4) is 0 Å². The maximum Gasteiger partial charge on any atom is 0.270 e. The number of carbonyl (C=O) groups excluding carboxylic acids is 1. The molecular weight excluding hydrogens is 238 g/mol. The Morgan fingerprint density at radius 3 is 2.84 bits per heavy atom. The van der Waals surface area contributed by atoms with Crippen LogP contribution in [0.4, 0.5) is 0 Å².